The Balaban J connectivity index is 1.61. The van der Waals surface area contributed by atoms with Crippen LogP contribution in [0.15, 0.2) is 0 Å². The molecule has 0 aliphatic heterocycles. The van der Waals surface area contributed by atoms with Crippen LogP contribution in [-0.2, 0) is 4.79 Å². The molecule has 0 aromatic heterocycles. The predicted molar refractivity (Wildman–Crippen MR) is 112 cm³/mol. The molecule has 11 atom stereocenters. The van der Waals surface area contributed by atoms with Crippen molar-refractivity contribution in [2.75, 3.05) is 0 Å². The van der Waals surface area contributed by atoms with Crippen LogP contribution in [0.2, 0.25) is 0 Å². The summed E-state index contributed by atoms with van der Waals surface area (Å²) in [6, 6.07) is 0.251. The highest BCUT2D eigenvalue weighted by Crippen LogP contribution is 2.68. The number of carboxylic acids is 1. The third-order valence-electron chi connectivity index (χ3n) is 10.4. The van der Waals surface area contributed by atoms with E-state index in [-0.39, 0.29) is 47.3 Å². The molecule has 0 spiro atoms. The first kappa shape index (κ1) is 21.6. The Labute approximate surface area is 175 Å². The minimum absolute atomic E-state index is 0.176. The summed E-state index contributed by atoms with van der Waals surface area (Å²) in [5.74, 6) is 1.30. The Kier molecular flexibility index (Phi) is 5.57. The zero-order valence-electron chi connectivity index (χ0n) is 18.4. The molecule has 166 valence electrons. The van der Waals surface area contributed by atoms with Crippen LogP contribution in [0.5, 0.6) is 0 Å². The van der Waals surface area contributed by atoms with E-state index in [2.05, 4.69) is 20.8 Å². The molecule has 0 radical (unpaired) electrons. The zero-order chi connectivity index (χ0) is 21.1. The molecule has 5 heteroatoms. The van der Waals surface area contributed by atoms with Crippen molar-refractivity contribution >= 4 is 5.97 Å². The van der Waals surface area contributed by atoms with Gasteiger partial charge in [0.1, 0.15) is 0 Å². The highest BCUT2D eigenvalue weighted by atomic mass is 16.4. The van der Waals surface area contributed by atoms with E-state index in [1.807, 2.05) is 0 Å². The van der Waals surface area contributed by atoms with Crippen molar-refractivity contribution in [3.63, 3.8) is 0 Å². The van der Waals surface area contributed by atoms with E-state index in [1.165, 1.54) is 0 Å². The van der Waals surface area contributed by atoms with Crippen LogP contribution >= 0.6 is 0 Å². The van der Waals surface area contributed by atoms with Crippen molar-refractivity contribution in [1.82, 2.24) is 0 Å². The highest BCUT2D eigenvalue weighted by molar-refractivity contribution is 5.66. The van der Waals surface area contributed by atoms with Gasteiger partial charge in [-0.25, -0.2) is 0 Å². The van der Waals surface area contributed by atoms with Gasteiger partial charge in [0.25, 0.3) is 0 Å². The average molecular weight is 408 g/mol. The maximum atomic E-state index is 11.5. The van der Waals surface area contributed by atoms with Gasteiger partial charge in [0.2, 0.25) is 0 Å². The van der Waals surface area contributed by atoms with Gasteiger partial charge in [-0.3, -0.25) is 4.79 Å². The standard InChI is InChI=1S/C24H41NO4/c1-13(4-7-21(28)29)16-5-6-17-22-18(12-20(27)24(16,17)3)23(2)9-8-15(25)10-14(23)11-19(22)26/h13-20,22,26-27H,4-12,25H2,1-3H3,(H,28,29)/t13?,14-,15+,16+,17-,18-,19+,20-,22-,23-,24+/m0/s1. The highest BCUT2D eigenvalue weighted by Gasteiger charge is 2.65. The minimum Gasteiger partial charge on any atom is -0.481 e. The Morgan fingerprint density at radius 3 is 2.52 bits per heavy atom. The number of fused-ring (bicyclic) bond motifs is 5. The lowest BCUT2D eigenvalue weighted by molar-refractivity contribution is -0.202. The molecule has 0 amide bonds. The van der Waals surface area contributed by atoms with Gasteiger partial charge in [-0.1, -0.05) is 20.8 Å². The first-order valence-electron chi connectivity index (χ1n) is 11.9. The number of hydrogen-bond donors (Lipinski definition) is 4. The van der Waals surface area contributed by atoms with E-state index < -0.39 is 5.97 Å². The van der Waals surface area contributed by atoms with Crippen molar-refractivity contribution in [2.45, 2.75) is 96.8 Å². The van der Waals surface area contributed by atoms with E-state index in [4.69, 9.17) is 10.8 Å². The predicted octanol–water partition coefficient (Wildman–Crippen LogP) is 3.42. The van der Waals surface area contributed by atoms with Crippen molar-refractivity contribution in [3.05, 3.63) is 0 Å². The second-order valence-electron chi connectivity index (χ2n) is 11.5. The van der Waals surface area contributed by atoms with E-state index in [0.717, 1.165) is 44.9 Å². The Bertz CT molecular complexity index is 640. The molecular formula is C24H41NO4. The third-order valence-corrected chi connectivity index (χ3v) is 10.4. The SMILES string of the molecule is CC(CCC(=O)O)[C@H]1CC[C@H]2[C@@H]3[C@H](O)C[C@@H]4C[C@H](N)CC[C@]4(C)[C@H]3C[C@H](O)[C@]12C. The van der Waals surface area contributed by atoms with Crippen LogP contribution in [0.1, 0.15) is 78.6 Å². The molecule has 4 fully saturated rings. The lowest BCUT2D eigenvalue weighted by atomic mass is 9.43. The molecule has 0 aromatic rings. The van der Waals surface area contributed by atoms with Crippen LogP contribution < -0.4 is 5.73 Å². The van der Waals surface area contributed by atoms with E-state index in [9.17, 15) is 15.0 Å². The van der Waals surface area contributed by atoms with Crippen LogP contribution in [0.3, 0.4) is 0 Å². The lowest BCUT2D eigenvalue weighted by Crippen LogP contribution is -2.62. The smallest absolute Gasteiger partial charge is 0.303 e. The van der Waals surface area contributed by atoms with E-state index in [1.54, 1.807) is 0 Å². The number of aliphatic hydroxyl groups is 2. The topological polar surface area (TPSA) is 104 Å². The number of hydrogen-bond acceptors (Lipinski definition) is 4. The quantitative estimate of drug-likeness (QED) is 0.572. The zero-order valence-corrected chi connectivity index (χ0v) is 18.4. The summed E-state index contributed by atoms with van der Waals surface area (Å²) in [5, 5.41) is 31.9. The molecule has 0 aromatic carbocycles. The summed E-state index contributed by atoms with van der Waals surface area (Å²) in [6.45, 7) is 6.81. The van der Waals surface area contributed by atoms with Crippen molar-refractivity contribution < 1.29 is 20.1 Å². The second-order valence-corrected chi connectivity index (χ2v) is 11.5. The summed E-state index contributed by atoms with van der Waals surface area (Å²) in [4.78, 5) is 11.1. The van der Waals surface area contributed by atoms with Gasteiger partial charge in [-0.15, -0.1) is 0 Å². The molecule has 4 aliphatic rings. The first-order valence-corrected chi connectivity index (χ1v) is 11.9. The maximum Gasteiger partial charge on any atom is 0.303 e. The number of rotatable bonds is 4. The van der Waals surface area contributed by atoms with Gasteiger partial charge in [-0.2, -0.15) is 0 Å². The van der Waals surface area contributed by atoms with Crippen LogP contribution in [0, 0.1) is 46.3 Å². The fraction of sp³-hybridized carbons (Fsp3) is 0.958. The average Bonchev–Trinajstić information content (AvgIpc) is 3.01. The van der Waals surface area contributed by atoms with Gasteiger partial charge in [0, 0.05) is 12.5 Å². The Morgan fingerprint density at radius 2 is 1.83 bits per heavy atom. The minimum atomic E-state index is -0.738. The number of carbonyl (C=O) groups is 1. The summed E-state index contributed by atoms with van der Waals surface area (Å²) >= 11 is 0. The van der Waals surface area contributed by atoms with Gasteiger partial charge in [0.05, 0.1) is 12.2 Å². The largest absolute Gasteiger partial charge is 0.481 e. The van der Waals surface area contributed by atoms with Gasteiger partial charge in [0.15, 0.2) is 0 Å². The van der Waals surface area contributed by atoms with Gasteiger partial charge in [-0.05, 0) is 97.7 Å². The number of nitrogens with two attached hydrogens (primary N) is 1. The normalized spacial score (nSPS) is 52.9. The van der Waals surface area contributed by atoms with Crippen molar-refractivity contribution in [3.8, 4) is 0 Å². The number of carboxylic acid groups (broad SMARTS) is 1. The van der Waals surface area contributed by atoms with Crippen LogP contribution in [-0.4, -0.2) is 39.5 Å². The van der Waals surface area contributed by atoms with E-state index in [0.29, 0.717) is 30.1 Å². The summed E-state index contributed by atoms with van der Waals surface area (Å²) in [5.41, 5.74) is 6.24. The molecule has 1 unspecified atom stereocenters. The molecule has 29 heavy (non-hydrogen) atoms. The van der Waals surface area contributed by atoms with Gasteiger partial charge >= 0.3 is 5.97 Å². The molecule has 4 saturated carbocycles. The Morgan fingerprint density at radius 1 is 1.10 bits per heavy atom. The van der Waals surface area contributed by atoms with Crippen molar-refractivity contribution in [1.29, 1.82) is 0 Å². The fourth-order valence-corrected chi connectivity index (χ4v) is 8.74. The van der Waals surface area contributed by atoms with Gasteiger partial charge < -0.3 is 21.1 Å². The van der Waals surface area contributed by atoms with Crippen molar-refractivity contribution in [2.24, 2.45) is 52.1 Å². The molecule has 5 nitrogen and oxygen atoms in total. The lowest BCUT2D eigenvalue weighted by Gasteiger charge is -2.63. The Hall–Kier alpha value is -0.650. The fourth-order valence-electron chi connectivity index (χ4n) is 8.74. The molecule has 4 rings (SSSR count). The molecule has 0 saturated heterocycles. The molecular weight excluding hydrogens is 366 g/mol. The van der Waals surface area contributed by atoms with Crippen LogP contribution in [0.25, 0.3) is 0 Å². The third kappa shape index (κ3) is 3.27. The number of aliphatic hydroxyl groups excluding tert-OH is 2. The first-order chi connectivity index (χ1) is 13.6. The molecule has 5 N–H and O–H groups in total. The van der Waals surface area contributed by atoms with E-state index >= 15 is 0 Å². The summed E-state index contributed by atoms with van der Waals surface area (Å²) in [7, 11) is 0. The summed E-state index contributed by atoms with van der Waals surface area (Å²) < 4.78 is 0. The summed E-state index contributed by atoms with van der Waals surface area (Å²) in [6.07, 6.45) is 7.09. The van der Waals surface area contributed by atoms with Crippen LogP contribution in [0.4, 0.5) is 0 Å². The second kappa shape index (κ2) is 7.49. The molecule has 4 aliphatic carbocycles. The monoisotopic (exact) mass is 407 g/mol. The molecule has 0 heterocycles. The molecule has 0 bridgehead atoms. The number of aliphatic carboxylic acids is 1. The maximum absolute atomic E-state index is 11.5.